The van der Waals surface area contributed by atoms with E-state index in [9.17, 15) is 9.59 Å². The number of rotatable bonds is 2. The summed E-state index contributed by atoms with van der Waals surface area (Å²) in [7, 11) is 1.54. The first-order valence-electron chi connectivity index (χ1n) is 8.17. The van der Waals surface area contributed by atoms with Gasteiger partial charge >= 0.3 is 0 Å². The number of fused-ring (bicyclic) bond motifs is 4. The largest absolute Gasteiger partial charge is 0.497 e. The Bertz CT molecular complexity index is 1510. The fourth-order valence-corrected chi connectivity index (χ4v) is 4.08. The summed E-state index contributed by atoms with van der Waals surface area (Å²) in [4.78, 5) is 30.7. The third kappa shape index (κ3) is 2.36. The van der Waals surface area contributed by atoms with Crippen molar-refractivity contribution in [2.75, 3.05) is 7.11 Å². The Morgan fingerprint density at radius 3 is 2.89 bits per heavy atom. The van der Waals surface area contributed by atoms with Crippen LogP contribution in [0.15, 0.2) is 62.7 Å². The van der Waals surface area contributed by atoms with Crippen molar-refractivity contribution in [1.82, 2.24) is 9.38 Å². The highest BCUT2D eigenvalue weighted by Gasteiger charge is 2.12. The molecule has 0 unspecified atom stereocenters. The molecule has 0 aliphatic rings. The number of nitrogens with zero attached hydrogens (tertiary/aromatic N) is 2. The summed E-state index contributed by atoms with van der Waals surface area (Å²) in [6, 6.07) is 12.5. The van der Waals surface area contributed by atoms with Gasteiger partial charge in [-0.3, -0.25) is 9.59 Å². The molecule has 3 heterocycles. The van der Waals surface area contributed by atoms with Crippen LogP contribution in [0.3, 0.4) is 0 Å². The van der Waals surface area contributed by atoms with Crippen molar-refractivity contribution in [2.45, 2.75) is 0 Å². The van der Waals surface area contributed by atoms with E-state index in [1.165, 1.54) is 24.7 Å². The summed E-state index contributed by atoms with van der Waals surface area (Å²) < 4.78 is 12.7. The fraction of sp³-hybridized carbons (Fsp3) is 0.0500. The molecule has 0 bridgehead atoms. The maximum atomic E-state index is 12.8. The number of thiazole rings is 1. The fourth-order valence-electron chi connectivity index (χ4n) is 3.11. The number of hydrogen-bond acceptors (Lipinski definition) is 6. The molecule has 27 heavy (non-hydrogen) atoms. The zero-order valence-corrected chi connectivity index (χ0v) is 14.9. The highest BCUT2D eigenvalue weighted by molar-refractivity contribution is 7.15. The second kappa shape index (κ2) is 5.78. The normalized spacial score (nSPS) is 12.4. The van der Waals surface area contributed by atoms with Gasteiger partial charge in [-0.25, -0.2) is 9.38 Å². The van der Waals surface area contributed by atoms with Gasteiger partial charge in [0.1, 0.15) is 17.6 Å². The van der Waals surface area contributed by atoms with E-state index in [0.29, 0.717) is 31.8 Å². The van der Waals surface area contributed by atoms with Crippen molar-refractivity contribution in [3.8, 4) is 5.75 Å². The van der Waals surface area contributed by atoms with Crippen LogP contribution in [0, 0.1) is 0 Å². The molecule has 132 valence electrons. The molecule has 0 saturated carbocycles. The third-order valence-corrected chi connectivity index (χ3v) is 5.41. The standard InChI is InChI=1S/C20H12N2O4S/c1-25-12-6-7-16-13(9-12)18(23)11(10-26-16)8-17-19(24)22-15-5-3-2-4-14(15)21-20(22)27-17/h2-10H,1H3. The third-order valence-electron chi connectivity index (χ3n) is 4.44. The molecule has 7 heteroatoms. The molecule has 0 radical (unpaired) electrons. The van der Waals surface area contributed by atoms with Crippen LogP contribution in [0.25, 0.3) is 33.0 Å². The van der Waals surface area contributed by atoms with E-state index in [2.05, 4.69) is 4.98 Å². The minimum absolute atomic E-state index is 0.200. The van der Waals surface area contributed by atoms with E-state index in [0.717, 1.165) is 11.0 Å². The number of benzene rings is 2. The minimum Gasteiger partial charge on any atom is -0.497 e. The molecule has 5 aromatic rings. The average molecular weight is 376 g/mol. The molecule has 0 amide bonds. The summed E-state index contributed by atoms with van der Waals surface area (Å²) in [6.45, 7) is 0. The molecule has 0 N–H and O–H groups in total. The zero-order valence-electron chi connectivity index (χ0n) is 14.1. The van der Waals surface area contributed by atoms with Gasteiger partial charge in [0.15, 0.2) is 10.4 Å². The van der Waals surface area contributed by atoms with E-state index >= 15 is 0 Å². The van der Waals surface area contributed by atoms with Gasteiger partial charge in [-0.05, 0) is 36.4 Å². The van der Waals surface area contributed by atoms with Gasteiger partial charge < -0.3 is 9.15 Å². The number of imidazole rings is 1. The molecule has 0 fully saturated rings. The summed E-state index contributed by atoms with van der Waals surface area (Å²) >= 11 is 1.24. The van der Waals surface area contributed by atoms with E-state index in [4.69, 9.17) is 9.15 Å². The number of methoxy groups -OCH3 is 1. The maximum absolute atomic E-state index is 12.8. The predicted molar refractivity (Wildman–Crippen MR) is 105 cm³/mol. The molecule has 0 saturated heterocycles. The SMILES string of the molecule is COc1ccc2occ(C=c3sc4nc5ccccc5n4c3=O)c(=O)c2c1. The van der Waals surface area contributed by atoms with Gasteiger partial charge in [0.25, 0.3) is 5.56 Å². The number of para-hydroxylation sites is 2. The predicted octanol–water partition coefficient (Wildman–Crippen LogP) is 2.57. The Balaban J connectivity index is 1.77. The summed E-state index contributed by atoms with van der Waals surface area (Å²) in [5, 5.41) is 0.405. The molecule has 0 aliphatic carbocycles. The second-order valence-electron chi connectivity index (χ2n) is 6.02. The van der Waals surface area contributed by atoms with Crippen LogP contribution in [0.5, 0.6) is 5.75 Å². The Labute approximate surface area is 155 Å². The lowest BCUT2D eigenvalue weighted by molar-refractivity contribution is 0.415. The van der Waals surface area contributed by atoms with Crippen LogP contribution < -0.4 is 20.3 Å². The van der Waals surface area contributed by atoms with Crippen LogP contribution in [0.4, 0.5) is 0 Å². The van der Waals surface area contributed by atoms with Gasteiger partial charge in [-0.2, -0.15) is 0 Å². The zero-order chi connectivity index (χ0) is 18.5. The van der Waals surface area contributed by atoms with Crippen LogP contribution >= 0.6 is 11.3 Å². The number of aromatic nitrogens is 2. The molecule has 0 atom stereocenters. The quantitative estimate of drug-likeness (QED) is 0.473. The monoisotopic (exact) mass is 376 g/mol. The summed E-state index contributed by atoms with van der Waals surface area (Å²) in [5.74, 6) is 0.567. The smallest absolute Gasteiger partial charge is 0.274 e. The Hall–Kier alpha value is -3.45. The van der Waals surface area contributed by atoms with Gasteiger partial charge in [0.05, 0.1) is 33.6 Å². The van der Waals surface area contributed by atoms with Crippen molar-refractivity contribution in [3.05, 3.63) is 79.4 Å². The van der Waals surface area contributed by atoms with E-state index in [1.807, 2.05) is 24.3 Å². The first-order valence-corrected chi connectivity index (χ1v) is 8.98. The van der Waals surface area contributed by atoms with Crippen molar-refractivity contribution in [3.63, 3.8) is 0 Å². The van der Waals surface area contributed by atoms with E-state index in [1.54, 1.807) is 28.7 Å². The lowest BCUT2D eigenvalue weighted by Crippen LogP contribution is -2.23. The van der Waals surface area contributed by atoms with Crippen LogP contribution in [0.2, 0.25) is 0 Å². The van der Waals surface area contributed by atoms with Crippen molar-refractivity contribution < 1.29 is 9.15 Å². The molecule has 0 spiro atoms. The molecule has 6 nitrogen and oxygen atoms in total. The number of hydrogen-bond donors (Lipinski definition) is 0. The van der Waals surface area contributed by atoms with Crippen LogP contribution in [-0.2, 0) is 0 Å². The van der Waals surface area contributed by atoms with Crippen molar-refractivity contribution in [1.29, 1.82) is 0 Å². The highest BCUT2D eigenvalue weighted by Crippen LogP contribution is 2.19. The second-order valence-corrected chi connectivity index (χ2v) is 7.03. The van der Waals surface area contributed by atoms with Gasteiger partial charge in [-0.15, -0.1) is 0 Å². The van der Waals surface area contributed by atoms with Crippen LogP contribution in [0.1, 0.15) is 5.56 Å². The van der Waals surface area contributed by atoms with E-state index in [-0.39, 0.29) is 11.0 Å². The minimum atomic E-state index is -0.217. The first kappa shape index (κ1) is 15.8. The van der Waals surface area contributed by atoms with Gasteiger partial charge in [-0.1, -0.05) is 23.5 Å². The molecular formula is C20H12N2O4S. The Morgan fingerprint density at radius 1 is 1.19 bits per heavy atom. The van der Waals surface area contributed by atoms with Gasteiger partial charge in [0, 0.05) is 0 Å². The van der Waals surface area contributed by atoms with Crippen LogP contribution in [-0.4, -0.2) is 16.5 Å². The molecule has 0 aliphatic heterocycles. The summed E-state index contributed by atoms with van der Waals surface area (Å²) in [6.07, 6.45) is 2.93. The van der Waals surface area contributed by atoms with Crippen molar-refractivity contribution >= 4 is 44.4 Å². The maximum Gasteiger partial charge on any atom is 0.274 e. The summed E-state index contributed by atoms with van der Waals surface area (Å²) in [5.41, 5.74) is 1.88. The van der Waals surface area contributed by atoms with Gasteiger partial charge in [0.2, 0.25) is 0 Å². The molecular weight excluding hydrogens is 364 g/mol. The van der Waals surface area contributed by atoms with E-state index < -0.39 is 0 Å². The Kier molecular flexibility index (Phi) is 3.38. The molecule has 2 aromatic carbocycles. The van der Waals surface area contributed by atoms with Crippen molar-refractivity contribution in [2.24, 2.45) is 0 Å². The lowest BCUT2D eigenvalue weighted by Gasteiger charge is -2.01. The molecule has 3 aromatic heterocycles. The highest BCUT2D eigenvalue weighted by atomic mass is 32.1. The molecule has 5 rings (SSSR count). The lowest BCUT2D eigenvalue weighted by atomic mass is 10.1. The number of ether oxygens (including phenoxy) is 1. The average Bonchev–Trinajstić information content (AvgIpc) is 3.20. The topological polar surface area (TPSA) is 73.8 Å². The Morgan fingerprint density at radius 2 is 2.04 bits per heavy atom. The first-order chi connectivity index (χ1) is 13.2.